The van der Waals surface area contributed by atoms with Crippen LogP contribution in [0.5, 0.6) is 0 Å². The SMILES string of the molecule is O=C1CCN(C(=O)C2(c3ccccc3)CC2)CCCCCCN1. The maximum atomic E-state index is 13.1. The topological polar surface area (TPSA) is 49.4 Å². The monoisotopic (exact) mass is 314 g/mol. The number of carbonyl (C=O) groups is 2. The van der Waals surface area contributed by atoms with E-state index in [-0.39, 0.29) is 17.2 Å². The molecule has 0 bridgehead atoms. The van der Waals surface area contributed by atoms with Crippen molar-refractivity contribution < 1.29 is 9.59 Å². The molecule has 4 heteroatoms. The molecule has 1 aromatic rings. The summed E-state index contributed by atoms with van der Waals surface area (Å²) < 4.78 is 0. The molecule has 1 N–H and O–H groups in total. The Morgan fingerprint density at radius 1 is 1.00 bits per heavy atom. The van der Waals surface area contributed by atoms with Gasteiger partial charge >= 0.3 is 0 Å². The molecule has 0 spiro atoms. The lowest BCUT2D eigenvalue weighted by atomic mass is 9.94. The summed E-state index contributed by atoms with van der Waals surface area (Å²) in [7, 11) is 0. The van der Waals surface area contributed by atoms with E-state index in [1.165, 1.54) is 0 Å². The summed E-state index contributed by atoms with van der Waals surface area (Å²) in [6.45, 7) is 2.08. The van der Waals surface area contributed by atoms with Gasteiger partial charge in [-0.3, -0.25) is 9.59 Å². The third-order valence-corrected chi connectivity index (χ3v) is 5.06. The summed E-state index contributed by atoms with van der Waals surface area (Å²) in [6, 6.07) is 10.1. The predicted molar refractivity (Wildman–Crippen MR) is 90.0 cm³/mol. The van der Waals surface area contributed by atoms with Gasteiger partial charge in [0.2, 0.25) is 11.8 Å². The van der Waals surface area contributed by atoms with Gasteiger partial charge in [0.25, 0.3) is 0 Å². The highest BCUT2D eigenvalue weighted by atomic mass is 16.2. The summed E-state index contributed by atoms with van der Waals surface area (Å²) >= 11 is 0. The molecule has 0 radical (unpaired) electrons. The average Bonchev–Trinajstić information content (AvgIpc) is 3.38. The Morgan fingerprint density at radius 2 is 1.74 bits per heavy atom. The second-order valence-electron chi connectivity index (χ2n) is 6.75. The minimum absolute atomic E-state index is 0.0641. The molecule has 1 aromatic carbocycles. The van der Waals surface area contributed by atoms with E-state index in [4.69, 9.17) is 0 Å². The van der Waals surface area contributed by atoms with Crippen LogP contribution in [0.2, 0.25) is 0 Å². The third-order valence-electron chi connectivity index (χ3n) is 5.06. The molecule has 3 rings (SSSR count). The second-order valence-corrected chi connectivity index (χ2v) is 6.75. The van der Waals surface area contributed by atoms with Gasteiger partial charge < -0.3 is 10.2 Å². The molecular weight excluding hydrogens is 288 g/mol. The van der Waals surface area contributed by atoms with Crippen LogP contribution in [0.4, 0.5) is 0 Å². The fourth-order valence-electron chi connectivity index (χ4n) is 3.46. The number of hydrogen-bond acceptors (Lipinski definition) is 2. The van der Waals surface area contributed by atoms with Crippen LogP contribution in [0.1, 0.15) is 50.5 Å². The Balaban J connectivity index is 1.72. The van der Waals surface area contributed by atoms with E-state index in [0.717, 1.165) is 57.2 Å². The van der Waals surface area contributed by atoms with E-state index in [1.807, 2.05) is 23.1 Å². The van der Waals surface area contributed by atoms with Crippen LogP contribution >= 0.6 is 0 Å². The number of rotatable bonds is 2. The molecule has 0 aromatic heterocycles. The highest BCUT2D eigenvalue weighted by molar-refractivity contribution is 5.91. The van der Waals surface area contributed by atoms with Crippen molar-refractivity contribution in [2.24, 2.45) is 0 Å². The summed E-state index contributed by atoms with van der Waals surface area (Å²) in [6.07, 6.45) is 6.58. The van der Waals surface area contributed by atoms with Crippen molar-refractivity contribution in [2.75, 3.05) is 19.6 Å². The van der Waals surface area contributed by atoms with Gasteiger partial charge in [-0.15, -0.1) is 0 Å². The number of benzene rings is 1. The molecular formula is C19H26N2O2. The first-order valence-electron chi connectivity index (χ1n) is 8.84. The first-order chi connectivity index (χ1) is 11.2. The normalized spacial score (nSPS) is 21.9. The number of hydrogen-bond donors (Lipinski definition) is 1. The van der Waals surface area contributed by atoms with Crippen LogP contribution in [0.15, 0.2) is 30.3 Å². The van der Waals surface area contributed by atoms with Gasteiger partial charge in [0.05, 0.1) is 5.41 Å². The van der Waals surface area contributed by atoms with E-state index in [2.05, 4.69) is 17.4 Å². The first kappa shape index (κ1) is 16.0. The smallest absolute Gasteiger partial charge is 0.233 e. The zero-order chi connectivity index (χ0) is 16.1. The Labute approximate surface area is 138 Å². The van der Waals surface area contributed by atoms with Gasteiger partial charge in [-0.05, 0) is 31.2 Å². The molecule has 2 aliphatic rings. The van der Waals surface area contributed by atoms with Gasteiger partial charge in [-0.2, -0.15) is 0 Å². The third kappa shape index (κ3) is 3.74. The van der Waals surface area contributed by atoms with Crippen LogP contribution in [0.3, 0.4) is 0 Å². The standard InChI is InChI=1S/C19H26N2O2/c22-17-10-15-21(14-7-2-1-6-13-20-17)18(23)19(11-12-19)16-8-4-3-5-9-16/h3-5,8-9H,1-2,6-7,10-15H2,(H,20,22). The lowest BCUT2D eigenvalue weighted by Gasteiger charge is -2.27. The Kier molecular flexibility index (Phi) is 4.99. The van der Waals surface area contributed by atoms with Crippen LogP contribution in [-0.2, 0) is 15.0 Å². The number of nitrogens with one attached hydrogen (secondary N) is 1. The largest absolute Gasteiger partial charge is 0.356 e. The molecule has 1 saturated heterocycles. The van der Waals surface area contributed by atoms with Gasteiger partial charge in [-0.1, -0.05) is 43.2 Å². The van der Waals surface area contributed by atoms with Crippen molar-refractivity contribution in [3.63, 3.8) is 0 Å². The summed E-state index contributed by atoms with van der Waals surface area (Å²) in [5.41, 5.74) is 0.807. The van der Waals surface area contributed by atoms with Crippen LogP contribution in [-0.4, -0.2) is 36.3 Å². The molecule has 0 atom stereocenters. The van der Waals surface area contributed by atoms with Gasteiger partial charge in [0.15, 0.2) is 0 Å². The van der Waals surface area contributed by atoms with E-state index in [1.54, 1.807) is 0 Å². The predicted octanol–water partition coefficient (Wildman–Crippen LogP) is 2.63. The zero-order valence-corrected chi connectivity index (χ0v) is 13.7. The summed E-state index contributed by atoms with van der Waals surface area (Å²) in [5.74, 6) is 0.282. The van der Waals surface area contributed by atoms with Gasteiger partial charge in [0.1, 0.15) is 0 Å². The van der Waals surface area contributed by atoms with Crippen molar-refractivity contribution >= 4 is 11.8 Å². The van der Waals surface area contributed by atoms with Crippen molar-refractivity contribution in [2.45, 2.75) is 50.4 Å². The van der Waals surface area contributed by atoms with E-state index < -0.39 is 0 Å². The minimum Gasteiger partial charge on any atom is -0.356 e. The maximum absolute atomic E-state index is 13.1. The summed E-state index contributed by atoms with van der Waals surface area (Å²) in [4.78, 5) is 26.9. The molecule has 23 heavy (non-hydrogen) atoms. The molecule has 4 nitrogen and oxygen atoms in total. The molecule has 1 saturated carbocycles. The van der Waals surface area contributed by atoms with Crippen molar-refractivity contribution in [3.8, 4) is 0 Å². The van der Waals surface area contributed by atoms with Crippen molar-refractivity contribution in [1.82, 2.24) is 10.2 Å². The Hall–Kier alpha value is -1.84. The van der Waals surface area contributed by atoms with E-state index in [9.17, 15) is 9.59 Å². The zero-order valence-electron chi connectivity index (χ0n) is 13.7. The fourth-order valence-corrected chi connectivity index (χ4v) is 3.46. The lowest BCUT2D eigenvalue weighted by molar-refractivity contribution is -0.134. The van der Waals surface area contributed by atoms with Gasteiger partial charge in [0, 0.05) is 26.1 Å². The highest BCUT2D eigenvalue weighted by Gasteiger charge is 2.52. The van der Waals surface area contributed by atoms with Crippen LogP contribution in [0, 0.1) is 0 Å². The molecule has 2 fully saturated rings. The second kappa shape index (κ2) is 7.16. The molecule has 2 amide bonds. The lowest BCUT2D eigenvalue weighted by Crippen LogP contribution is -2.41. The quantitative estimate of drug-likeness (QED) is 0.912. The molecule has 1 heterocycles. The van der Waals surface area contributed by atoms with Gasteiger partial charge in [-0.25, -0.2) is 0 Å². The fraction of sp³-hybridized carbons (Fsp3) is 0.579. The Bertz CT molecular complexity index is 552. The Morgan fingerprint density at radius 3 is 2.48 bits per heavy atom. The average molecular weight is 314 g/mol. The highest BCUT2D eigenvalue weighted by Crippen LogP contribution is 2.49. The van der Waals surface area contributed by atoms with Crippen molar-refractivity contribution in [3.05, 3.63) is 35.9 Å². The van der Waals surface area contributed by atoms with Crippen LogP contribution < -0.4 is 5.32 Å². The molecule has 1 aliphatic carbocycles. The van der Waals surface area contributed by atoms with Crippen LogP contribution in [0.25, 0.3) is 0 Å². The van der Waals surface area contributed by atoms with Crippen molar-refractivity contribution in [1.29, 1.82) is 0 Å². The number of carbonyl (C=O) groups excluding carboxylic acids is 2. The summed E-state index contributed by atoms with van der Waals surface area (Å²) in [5, 5.41) is 2.95. The molecule has 0 unspecified atom stereocenters. The molecule has 124 valence electrons. The minimum atomic E-state index is -0.322. The van der Waals surface area contributed by atoms with E-state index >= 15 is 0 Å². The maximum Gasteiger partial charge on any atom is 0.233 e. The number of amides is 2. The van der Waals surface area contributed by atoms with E-state index in [0.29, 0.717) is 13.0 Å². The molecule has 1 aliphatic heterocycles. The number of nitrogens with zero attached hydrogens (tertiary/aromatic N) is 1. The first-order valence-corrected chi connectivity index (χ1v) is 8.84.